The van der Waals surface area contributed by atoms with Gasteiger partial charge in [-0.15, -0.1) is 0 Å². The van der Waals surface area contributed by atoms with Gasteiger partial charge in [-0.05, 0) is 63.2 Å². The Hall–Kier alpha value is -2.22. The summed E-state index contributed by atoms with van der Waals surface area (Å²) in [6, 6.07) is 16.7. The first-order chi connectivity index (χ1) is 14.0. The molecule has 2 aromatic carbocycles. The lowest BCUT2D eigenvalue weighted by molar-refractivity contribution is 0.0761. The Bertz CT molecular complexity index is 916. The number of rotatable bonds is 7. The van der Waals surface area contributed by atoms with E-state index in [0.29, 0.717) is 18.7 Å². The molecule has 1 amide bonds. The molecule has 0 spiro atoms. The smallest absolute Gasteiger partial charge is 0.253 e. The lowest BCUT2D eigenvalue weighted by Gasteiger charge is -2.22. The highest BCUT2D eigenvalue weighted by Crippen LogP contribution is 2.15. The molecule has 6 nitrogen and oxygen atoms in total. The summed E-state index contributed by atoms with van der Waals surface area (Å²) in [5.41, 5.74) is 1.77. The van der Waals surface area contributed by atoms with Crippen LogP contribution in [0.15, 0.2) is 59.5 Å². The molecule has 156 valence electrons. The normalized spacial score (nSPS) is 15.8. The summed E-state index contributed by atoms with van der Waals surface area (Å²) < 4.78 is 26.3. The highest BCUT2D eigenvalue weighted by molar-refractivity contribution is 7.89. The number of aryl methyl sites for hydroxylation is 1. The molecule has 2 aromatic rings. The van der Waals surface area contributed by atoms with E-state index in [4.69, 9.17) is 0 Å². The van der Waals surface area contributed by atoms with Crippen molar-refractivity contribution >= 4 is 15.9 Å². The van der Waals surface area contributed by atoms with Gasteiger partial charge in [-0.2, -0.15) is 0 Å². The van der Waals surface area contributed by atoms with Crippen LogP contribution in [-0.2, 0) is 16.4 Å². The minimum absolute atomic E-state index is 0.107. The zero-order valence-electron chi connectivity index (χ0n) is 16.9. The van der Waals surface area contributed by atoms with Gasteiger partial charge in [0.1, 0.15) is 0 Å². The maximum absolute atomic E-state index is 12.9. The summed E-state index contributed by atoms with van der Waals surface area (Å²) in [6.45, 7) is 4.19. The van der Waals surface area contributed by atoms with Crippen LogP contribution in [0.4, 0.5) is 0 Å². The summed E-state index contributed by atoms with van der Waals surface area (Å²) in [5, 5.41) is 0. The fourth-order valence-electron chi connectivity index (χ4n) is 3.65. The van der Waals surface area contributed by atoms with Crippen LogP contribution < -0.4 is 4.72 Å². The third-order valence-corrected chi connectivity index (χ3v) is 6.73. The predicted octanol–water partition coefficient (Wildman–Crippen LogP) is 2.38. The Morgan fingerprint density at radius 1 is 1.00 bits per heavy atom. The van der Waals surface area contributed by atoms with Gasteiger partial charge in [-0.3, -0.25) is 4.79 Å². The topological polar surface area (TPSA) is 69.7 Å². The first kappa shape index (κ1) is 21.5. The molecule has 1 heterocycles. The predicted molar refractivity (Wildman–Crippen MR) is 114 cm³/mol. The molecule has 0 aromatic heterocycles. The zero-order chi connectivity index (χ0) is 20.7. The Balaban J connectivity index is 1.55. The van der Waals surface area contributed by atoms with Crippen LogP contribution in [0.5, 0.6) is 0 Å². The van der Waals surface area contributed by atoms with Crippen molar-refractivity contribution in [2.45, 2.75) is 24.2 Å². The molecule has 1 fully saturated rings. The summed E-state index contributed by atoms with van der Waals surface area (Å²) in [6.07, 6.45) is 3.08. The number of benzene rings is 2. The molecule has 0 atom stereocenters. The molecule has 1 aliphatic rings. The SMILES string of the molecule is CNS(=O)(=O)c1cccc(C(=O)N2CCCN(CCCc3ccccc3)CC2)c1. The quantitative estimate of drug-likeness (QED) is 0.754. The van der Waals surface area contributed by atoms with Gasteiger partial charge in [-0.25, -0.2) is 13.1 Å². The van der Waals surface area contributed by atoms with Crippen LogP contribution >= 0.6 is 0 Å². The number of hydrogen-bond donors (Lipinski definition) is 1. The van der Waals surface area contributed by atoms with Crippen LogP contribution in [0.3, 0.4) is 0 Å². The van der Waals surface area contributed by atoms with Gasteiger partial charge in [0.15, 0.2) is 0 Å². The Morgan fingerprint density at radius 3 is 2.55 bits per heavy atom. The van der Waals surface area contributed by atoms with E-state index in [0.717, 1.165) is 38.9 Å². The number of carbonyl (C=O) groups excluding carboxylic acids is 1. The van der Waals surface area contributed by atoms with E-state index in [1.54, 1.807) is 12.1 Å². The lowest BCUT2D eigenvalue weighted by atomic mass is 10.1. The van der Waals surface area contributed by atoms with Gasteiger partial charge in [0.25, 0.3) is 5.91 Å². The second-order valence-electron chi connectivity index (χ2n) is 7.31. The van der Waals surface area contributed by atoms with Crippen molar-refractivity contribution in [3.05, 3.63) is 65.7 Å². The molecule has 1 saturated heterocycles. The fourth-order valence-corrected chi connectivity index (χ4v) is 4.42. The van der Waals surface area contributed by atoms with Crippen LogP contribution in [-0.4, -0.2) is 63.9 Å². The Labute approximate surface area is 173 Å². The highest BCUT2D eigenvalue weighted by atomic mass is 32.2. The average Bonchev–Trinajstić information content (AvgIpc) is 3.00. The first-order valence-electron chi connectivity index (χ1n) is 10.1. The minimum atomic E-state index is -3.56. The maximum atomic E-state index is 12.9. The van der Waals surface area contributed by atoms with Crippen LogP contribution in [0.1, 0.15) is 28.8 Å². The van der Waals surface area contributed by atoms with E-state index < -0.39 is 10.0 Å². The molecule has 3 rings (SSSR count). The van der Waals surface area contributed by atoms with Gasteiger partial charge in [-0.1, -0.05) is 36.4 Å². The molecule has 1 aliphatic heterocycles. The van der Waals surface area contributed by atoms with Crippen molar-refractivity contribution in [1.82, 2.24) is 14.5 Å². The Morgan fingerprint density at radius 2 is 1.79 bits per heavy atom. The van der Waals surface area contributed by atoms with E-state index in [9.17, 15) is 13.2 Å². The van der Waals surface area contributed by atoms with E-state index in [2.05, 4.69) is 33.9 Å². The van der Waals surface area contributed by atoms with E-state index >= 15 is 0 Å². The molecule has 29 heavy (non-hydrogen) atoms. The molecule has 1 N–H and O–H groups in total. The number of sulfonamides is 1. The van der Waals surface area contributed by atoms with Crippen molar-refractivity contribution in [3.63, 3.8) is 0 Å². The molecule has 0 aliphatic carbocycles. The van der Waals surface area contributed by atoms with Crippen molar-refractivity contribution in [1.29, 1.82) is 0 Å². The van der Waals surface area contributed by atoms with E-state index in [-0.39, 0.29) is 10.8 Å². The minimum Gasteiger partial charge on any atom is -0.337 e. The van der Waals surface area contributed by atoms with Gasteiger partial charge >= 0.3 is 0 Å². The summed E-state index contributed by atoms with van der Waals surface area (Å²) in [4.78, 5) is 17.3. The van der Waals surface area contributed by atoms with E-state index in [1.807, 2.05) is 11.0 Å². The number of hydrogen-bond acceptors (Lipinski definition) is 4. The number of amides is 1. The van der Waals surface area contributed by atoms with Crippen molar-refractivity contribution in [3.8, 4) is 0 Å². The molecule has 0 saturated carbocycles. The van der Waals surface area contributed by atoms with Crippen molar-refractivity contribution < 1.29 is 13.2 Å². The summed E-state index contributed by atoms with van der Waals surface area (Å²) in [7, 11) is -2.20. The second-order valence-corrected chi connectivity index (χ2v) is 9.20. The number of carbonyl (C=O) groups is 1. The van der Waals surface area contributed by atoms with Gasteiger partial charge < -0.3 is 9.80 Å². The average molecular weight is 416 g/mol. The molecular formula is C22H29N3O3S. The monoisotopic (exact) mass is 415 g/mol. The second kappa shape index (κ2) is 10.0. The molecule has 0 bridgehead atoms. The van der Waals surface area contributed by atoms with Crippen LogP contribution in [0, 0.1) is 0 Å². The van der Waals surface area contributed by atoms with E-state index in [1.165, 1.54) is 24.7 Å². The molecule has 7 heteroatoms. The summed E-state index contributed by atoms with van der Waals surface area (Å²) in [5.74, 6) is -0.107. The van der Waals surface area contributed by atoms with Crippen LogP contribution in [0.25, 0.3) is 0 Å². The lowest BCUT2D eigenvalue weighted by Crippen LogP contribution is -2.35. The highest BCUT2D eigenvalue weighted by Gasteiger charge is 2.21. The third-order valence-electron chi connectivity index (χ3n) is 5.32. The number of nitrogens with zero attached hydrogens (tertiary/aromatic N) is 2. The van der Waals surface area contributed by atoms with Gasteiger partial charge in [0.05, 0.1) is 4.90 Å². The maximum Gasteiger partial charge on any atom is 0.253 e. The Kier molecular flexibility index (Phi) is 7.41. The molecule has 0 unspecified atom stereocenters. The number of nitrogens with one attached hydrogen (secondary N) is 1. The van der Waals surface area contributed by atoms with Gasteiger partial charge in [0, 0.05) is 25.2 Å². The van der Waals surface area contributed by atoms with Gasteiger partial charge in [0.2, 0.25) is 10.0 Å². The zero-order valence-corrected chi connectivity index (χ0v) is 17.7. The van der Waals surface area contributed by atoms with Crippen molar-refractivity contribution in [2.24, 2.45) is 0 Å². The third kappa shape index (κ3) is 5.88. The first-order valence-corrected chi connectivity index (χ1v) is 11.6. The standard InChI is InChI=1S/C22H29N3O3S/c1-23-29(27,28)21-12-5-11-20(18-21)22(26)25-15-7-14-24(16-17-25)13-6-10-19-8-3-2-4-9-19/h2-5,8-9,11-12,18,23H,6-7,10,13-17H2,1H3. The molecule has 0 radical (unpaired) electrons. The summed E-state index contributed by atoms with van der Waals surface area (Å²) >= 11 is 0. The molecular weight excluding hydrogens is 386 g/mol. The van der Waals surface area contributed by atoms with Crippen molar-refractivity contribution in [2.75, 3.05) is 39.8 Å². The largest absolute Gasteiger partial charge is 0.337 e. The van der Waals surface area contributed by atoms with Crippen LogP contribution in [0.2, 0.25) is 0 Å². The fraction of sp³-hybridized carbons (Fsp3) is 0.409.